The summed E-state index contributed by atoms with van der Waals surface area (Å²) in [5, 5.41) is 0. The van der Waals surface area contributed by atoms with Crippen LogP contribution in [0.2, 0.25) is 0 Å². The second kappa shape index (κ2) is 9.39. The molecule has 0 N–H and O–H groups in total. The van der Waals surface area contributed by atoms with Crippen LogP contribution in [0.3, 0.4) is 0 Å². The Morgan fingerprint density at radius 3 is 2.00 bits per heavy atom. The molecule has 0 saturated carbocycles. The van der Waals surface area contributed by atoms with E-state index in [0.717, 1.165) is 5.56 Å². The van der Waals surface area contributed by atoms with E-state index >= 15 is 0 Å². The second-order valence-electron chi connectivity index (χ2n) is 6.12. The zero-order valence-electron chi connectivity index (χ0n) is 16.2. The maximum Gasteiger partial charge on any atom is 0.253 e. The van der Waals surface area contributed by atoms with Crippen molar-refractivity contribution in [1.29, 1.82) is 0 Å². The van der Waals surface area contributed by atoms with Gasteiger partial charge in [-0.3, -0.25) is 4.79 Å². The fourth-order valence-electron chi connectivity index (χ4n) is 2.78. The average molecular weight is 407 g/mol. The fraction of sp³-hybridized carbons (Fsp3) is 0.350. The highest BCUT2D eigenvalue weighted by atomic mass is 32.2. The minimum atomic E-state index is -3.51. The summed E-state index contributed by atoms with van der Waals surface area (Å²) in [6, 6.07) is 14.2. The van der Waals surface area contributed by atoms with Crippen LogP contribution >= 0.6 is 11.8 Å². The molecule has 0 heterocycles. The van der Waals surface area contributed by atoms with Crippen LogP contribution in [0.1, 0.15) is 29.8 Å². The van der Waals surface area contributed by atoms with Crippen LogP contribution < -0.4 is 0 Å². The summed E-state index contributed by atoms with van der Waals surface area (Å²) in [6.45, 7) is 4.93. The molecule has 0 fully saturated rings. The van der Waals surface area contributed by atoms with Crippen LogP contribution in [0.4, 0.5) is 0 Å². The summed E-state index contributed by atoms with van der Waals surface area (Å²) < 4.78 is 26.5. The van der Waals surface area contributed by atoms with Crippen molar-refractivity contribution >= 4 is 27.7 Å². The van der Waals surface area contributed by atoms with Crippen molar-refractivity contribution in [3.63, 3.8) is 0 Å². The first-order valence-corrected chi connectivity index (χ1v) is 11.5. The first-order valence-electron chi connectivity index (χ1n) is 8.82. The lowest BCUT2D eigenvalue weighted by molar-refractivity contribution is 0.0785. The molecule has 0 spiro atoms. The molecule has 0 bridgehead atoms. The number of benzene rings is 2. The molecular weight excluding hydrogens is 380 g/mol. The fourth-order valence-corrected chi connectivity index (χ4v) is 4.65. The summed E-state index contributed by atoms with van der Waals surface area (Å²) in [5.74, 6) is -0.143. The van der Waals surface area contributed by atoms with Crippen molar-refractivity contribution < 1.29 is 13.2 Å². The molecule has 2 aromatic carbocycles. The molecule has 146 valence electrons. The Kier molecular flexibility index (Phi) is 7.47. The topological polar surface area (TPSA) is 57.7 Å². The standard InChI is InChI=1S/C20H26N2O3S2/c1-5-22(6-2)27(24,25)19-13-9-17(10-14-19)20(23)21(3)15-16-7-11-18(26-4)12-8-16/h7-14H,5-6,15H2,1-4H3. The van der Waals surface area contributed by atoms with Gasteiger partial charge in [-0.25, -0.2) is 8.42 Å². The van der Waals surface area contributed by atoms with Gasteiger partial charge < -0.3 is 4.90 Å². The van der Waals surface area contributed by atoms with E-state index in [9.17, 15) is 13.2 Å². The number of rotatable bonds is 8. The number of carbonyl (C=O) groups is 1. The largest absolute Gasteiger partial charge is 0.337 e. The van der Waals surface area contributed by atoms with E-state index in [1.165, 1.54) is 21.3 Å². The van der Waals surface area contributed by atoms with E-state index in [2.05, 4.69) is 0 Å². The second-order valence-corrected chi connectivity index (χ2v) is 8.94. The zero-order valence-corrected chi connectivity index (χ0v) is 17.8. The van der Waals surface area contributed by atoms with Crippen LogP contribution in [0.15, 0.2) is 58.3 Å². The highest BCUT2D eigenvalue weighted by Gasteiger charge is 2.22. The minimum Gasteiger partial charge on any atom is -0.337 e. The van der Waals surface area contributed by atoms with Gasteiger partial charge in [0.05, 0.1) is 4.90 Å². The molecule has 0 aliphatic carbocycles. The van der Waals surface area contributed by atoms with Gasteiger partial charge >= 0.3 is 0 Å². The molecule has 0 atom stereocenters. The number of carbonyl (C=O) groups excluding carboxylic acids is 1. The van der Waals surface area contributed by atoms with E-state index in [0.29, 0.717) is 25.2 Å². The molecule has 2 rings (SSSR count). The van der Waals surface area contributed by atoms with Crippen molar-refractivity contribution in [1.82, 2.24) is 9.21 Å². The van der Waals surface area contributed by atoms with Gasteiger partial charge in [-0.1, -0.05) is 26.0 Å². The van der Waals surface area contributed by atoms with E-state index in [1.54, 1.807) is 49.7 Å². The van der Waals surface area contributed by atoms with E-state index in [4.69, 9.17) is 0 Å². The molecule has 0 saturated heterocycles. The molecule has 0 aliphatic rings. The quantitative estimate of drug-likeness (QED) is 0.627. The molecule has 0 radical (unpaired) electrons. The van der Waals surface area contributed by atoms with Crippen molar-refractivity contribution in [3.05, 3.63) is 59.7 Å². The van der Waals surface area contributed by atoms with Gasteiger partial charge in [-0.15, -0.1) is 11.8 Å². The van der Waals surface area contributed by atoms with E-state index in [-0.39, 0.29) is 10.8 Å². The number of amides is 1. The Bertz CT molecular complexity index is 859. The number of nitrogens with zero attached hydrogens (tertiary/aromatic N) is 2. The summed E-state index contributed by atoms with van der Waals surface area (Å²) in [4.78, 5) is 15.7. The third-order valence-electron chi connectivity index (χ3n) is 4.37. The summed E-state index contributed by atoms with van der Waals surface area (Å²) in [7, 11) is -1.77. The zero-order chi connectivity index (χ0) is 20.0. The molecule has 2 aromatic rings. The van der Waals surface area contributed by atoms with Gasteiger partial charge in [-0.05, 0) is 48.2 Å². The lowest BCUT2D eigenvalue weighted by Gasteiger charge is -2.19. The molecule has 27 heavy (non-hydrogen) atoms. The van der Waals surface area contributed by atoms with Crippen LogP contribution in [-0.2, 0) is 16.6 Å². The smallest absolute Gasteiger partial charge is 0.253 e. The van der Waals surface area contributed by atoms with Crippen LogP contribution in [0.25, 0.3) is 0 Å². The van der Waals surface area contributed by atoms with Gasteiger partial charge in [-0.2, -0.15) is 4.31 Å². The first kappa shape index (κ1) is 21.5. The van der Waals surface area contributed by atoms with E-state index in [1.807, 2.05) is 30.5 Å². The Hall–Kier alpha value is -1.83. The molecule has 5 nitrogen and oxygen atoms in total. The van der Waals surface area contributed by atoms with Crippen LogP contribution in [0, 0.1) is 0 Å². The number of thioether (sulfide) groups is 1. The van der Waals surface area contributed by atoms with Crippen molar-refractivity contribution in [3.8, 4) is 0 Å². The Morgan fingerprint density at radius 1 is 0.963 bits per heavy atom. The highest BCUT2D eigenvalue weighted by molar-refractivity contribution is 7.98. The summed E-state index contributed by atoms with van der Waals surface area (Å²) in [6.07, 6.45) is 2.02. The number of hydrogen-bond donors (Lipinski definition) is 0. The van der Waals surface area contributed by atoms with Gasteiger partial charge in [0.1, 0.15) is 0 Å². The van der Waals surface area contributed by atoms with Gasteiger partial charge in [0.2, 0.25) is 10.0 Å². The molecule has 0 aliphatic heterocycles. The monoisotopic (exact) mass is 406 g/mol. The normalized spacial score (nSPS) is 11.6. The van der Waals surface area contributed by atoms with Crippen LogP contribution in [-0.4, -0.2) is 49.9 Å². The lowest BCUT2D eigenvalue weighted by atomic mass is 10.1. The lowest BCUT2D eigenvalue weighted by Crippen LogP contribution is -2.30. The van der Waals surface area contributed by atoms with Crippen LogP contribution in [0.5, 0.6) is 0 Å². The number of sulfonamides is 1. The Labute approximate surface area is 166 Å². The first-order chi connectivity index (χ1) is 12.8. The van der Waals surface area contributed by atoms with Gasteiger partial charge in [0.25, 0.3) is 5.91 Å². The minimum absolute atomic E-state index is 0.143. The molecular formula is C20H26N2O3S2. The molecule has 7 heteroatoms. The SMILES string of the molecule is CCN(CC)S(=O)(=O)c1ccc(C(=O)N(C)Cc2ccc(SC)cc2)cc1. The average Bonchev–Trinajstić information content (AvgIpc) is 2.68. The van der Waals surface area contributed by atoms with Crippen molar-refractivity contribution in [2.75, 3.05) is 26.4 Å². The third-order valence-corrected chi connectivity index (χ3v) is 7.18. The third kappa shape index (κ3) is 5.12. The van der Waals surface area contributed by atoms with E-state index < -0.39 is 10.0 Å². The molecule has 0 unspecified atom stereocenters. The predicted molar refractivity (Wildman–Crippen MR) is 111 cm³/mol. The highest BCUT2D eigenvalue weighted by Crippen LogP contribution is 2.18. The molecule has 0 aromatic heterocycles. The predicted octanol–water partition coefficient (Wildman–Crippen LogP) is 3.71. The van der Waals surface area contributed by atoms with Crippen molar-refractivity contribution in [2.24, 2.45) is 0 Å². The Balaban J connectivity index is 2.12. The summed E-state index contributed by atoms with van der Waals surface area (Å²) >= 11 is 1.67. The summed E-state index contributed by atoms with van der Waals surface area (Å²) in [5.41, 5.74) is 1.51. The number of hydrogen-bond acceptors (Lipinski definition) is 4. The van der Waals surface area contributed by atoms with Gasteiger partial charge in [0.15, 0.2) is 0 Å². The van der Waals surface area contributed by atoms with Gasteiger partial charge in [0, 0.05) is 37.1 Å². The maximum absolute atomic E-state index is 12.6. The maximum atomic E-state index is 12.6. The molecule has 1 amide bonds. The Morgan fingerprint density at radius 2 is 1.52 bits per heavy atom. The van der Waals surface area contributed by atoms with Crippen molar-refractivity contribution in [2.45, 2.75) is 30.2 Å².